The molecule has 0 aromatic carbocycles. The molecular formula is C16H20N2OS2. The van der Waals surface area contributed by atoms with Crippen molar-refractivity contribution in [2.24, 2.45) is 5.92 Å². The number of aryl methyl sites for hydroxylation is 1. The highest BCUT2D eigenvalue weighted by Gasteiger charge is 2.25. The first kappa shape index (κ1) is 13.8. The molecule has 1 aliphatic heterocycles. The zero-order chi connectivity index (χ0) is 14.4. The van der Waals surface area contributed by atoms with Gasteiger partial charge in [-0.25, -0.2) is 4.98 Å². The molecule has 21 heavy (non-hydrogen) atoms. The van der Waals surface area contributed by atoms with E-state index in [1.165, 1.54) is 34.8 Å². The van der Waals surface area contributed by atoms with Crippen molar-refractivity contribution in [1.82, 2.24) is 9.97 Å². The van der Waals surface area contributed by atoms with Gasteiger partial charge in [0.15, 0.2) is 0 Å². The molecule has 0 amide bonds. The lowest BCUT2D eigenvalue weighted by Crippen LogP contribution is -2.18. The number of nitrogens with zero attached hydrogens (tertiary/aromatic N) is 1. The van der Waals surface area contributed by atoms with Crippen LogP contribution < -0.4 is 5.56 Å². The second-order valence-electron chi connectivity index (χ2n) is 6.41. The fourth-order valence-electron chi connectivity index (χ4n) is 3.54. The van der Waals surface area contributed by atoms with Gasteiger partial charge in [-0.05, 0) is 42.9 Å². The first-order valence-electron chi connectivity index (χ1n) is 7.90. The molecule has 0 spiro atoms. The maximum absolute atomic E-state index is 12.5. The number of rotatable bonds is 1. The molecule has 0 radical (unpaired) electrons. The third-order valence-electron chi connectivity index (χ3n) is 4.85. The summed E-state index contributed by atoms with van der Waals surface area (Å²) in [6, 6.07) is 0. The Morgan fingerprint density at radius 2 is 2.05 bits per heavy atom. The number of aromatic amines is 1. The van der Waals surface area contributed by atoms with Crippen LogP contribution in [-0.4, -0.2) is 15.7 Å². The van der Waals surface area contributed by atoms with Gasteiger partial charge in [0, 0.05) is 5.92 Å². The van der Waals surface area contributed by atoms with E-state index in [9.17, 15) is 4.79 Å². The largest absolute Gasteiger partial charge is 0.310 e. The van der Waals surface area contributed by atoms with Gasteiger partial charge >= 0.3 is 0 Å². The maximum Gasteiger partial charge on any atom is 0.259 e. The van der Waals surface area contributed by atoms with E-state index < -0.39 is 0 Å². The van der Waals surface area contributed by atoms with Crippen LogP contribution in [0.2, 0.25) is 0 Å². The van der Waals surface area contributed by atoms with Crippen LogP contribution in [0.15, 0.2) is 9.00 Å². The molecule has 5 heteroatoms. The Morgan fingerprint density at radius 3 is 2.86 bits per heavy atom. The summed E-state index contributed by atoms with van der Waals surface area (Å²) in [7, 11) is 0. The molecule has 1 N–H and O–H groups in total. The smallest absolute Gasteiger partial charge is 0.259 e. The van der Waals surface area contributed by atoms with Crippen molar-refractivity contribution in [3.05, 3.63) is 21.7 Å². The highest BCUT2D eigenvalue weighted by Crippen LogP contribution is 2.41. The number of hydrogen-bond donors (Lipinski definition) is 1. The van der Waals surface area contributed by atoms with Crippen LogP contribution in [0, 0.1) is 5.92 Å². The highest BCUT2D eigenvalue weighted by molar-refractivity contribution is 8.01. The second kappa shape index (κ2) is 5.43. The Bertz CT molecular complexity index is 726. The van der Waals surface area contributed by atoms with E-state index in [1.54, 1.807) is 11.3 Å². The minimum absolute atomic E-state index is 0.0913. The monoisotopic (exact) mass is 320 g/mol. The Morgan fingerprint density at radius 1 is 1.24 bits per heavy atom. The van der Waals surface area contributed by atoms with Gasteiger partial charge in [-0.3, -0.25) is 4.79 Å². The van der Waals surface area contributed by atoms with Crippen molar-refractivity contribution in [3.8, 4) is 0 Å². The molecule has 3 nitrogen and oxygen atoms in total. The molecule has 0 unspecified atom stereocenters. The number of aromatic nitrogens is 2. The quantitative estimate of drug-likeness (QED) is 0.851. The summed E-state index contributed by atoms with van der Waals surface area (Å²) < 4.78 is 1.32. The normalized spacial score (nSPS) is 26.0. The summed E-state index contributed by atoms with van der Waals surface area (Å²) in [5, 5.41) is 0.870. The van der Waals surface area contributed by atoms with Crippen molar-refractivity contribution < 1.29 is 0 Å². The first-order chi connectivity index (χ1) is 10.2. The van der Waals surface area contributed by atoms with Crippen LogP contribution in [-0.2, 0) is 6.42 Å². The van der Waals surface area contributed by atoms with Crippen LogP contribution in [0.25, 0.3) is 10.2 Å². The average Bonchev–Trinajstić information content (AvgIpc) is 2.86. The molecule has 4 rings (SSSR count). The summed E-state index contributed by atoms with van der Waals surface area (Å²) in [5.74, 6) is 3.38. The number of nitrogens with one attached hydrogen (secondary N) is 1. The van der Waals surface area contributed by atoms with Crippen molar-refractivity contribution >= 4 is 33.3 Å². The topological polar surface area (TPSA) is 45.8 Å². The van der Waals surface area contributed by atoms with E-state index in [0.29, 0.717) is 5.92 Å². The number of thiophene rings is 1. The Kier molecular flexibility index (Phi) is 3.58. The SMILES string of the molecule is CC1CCC(c2nc3sc4c(c3c(=O)[nH]2)CCCS4)CC1. The average molecular weight is 320 g/mol. The van der Waals surface area contributed by atoms with Gasteiger partial charge in [0.1, 0.15) is 10.7 Å². The minimum Gasteiger partial charge on any atom is -0.310 e. The van der Waals surface area contributed by atoms with E-state index in [-0.39, 0.29) is 5.56 Å². The van der Waals surface area contributed by atoms with Crippen molar-refractivity contribution in [2.75, 3.05) is 5.75 Å². The van der Waals surface area contributed by atoms with Gasteiger partial charge in [-0.1, -0.05) is 19.8 Å². The molecule has 1 fully saturated rings. The minimum atomic E-state index is 0.0913. The standard InChI is InChI=1S/C16H20N2OS2/c1-9-4-6-10(7-5-9)13-17-14(19)12-11-3-2-8-20-16(11)21-15(12)18-13/h9-10H,2-8H2,1H3,(H,17,18,19). The third-order valence-corrected chi connectivity index (χ3v) is 7.37. The molecule has 1 saturated carbocycles. The van der Waals surface area contributed by atoms with E-state index in [4.69, 9.17) is 4.98 Å². The van der Waals surface area contributed by atoms with Crippen molar-refractivity contribution in [2.45, 2.75) is 55.6 Å². The number of fused-ring (bicyclic) bond motifs is 3. The molecule has 0 bridgehead atoms. The van der Waals surface area contributed by atoms with Crippen molar-refractivity contribution in [3.63, 3.8) is 0 Å². The molecular weight excluding hydrogens is 300 g/mol. The number of thioether (sulfide) groups is 1. The lowest BCUT2D eigenvalue weighted by atomic mass is 9.82. The summed E-state index contributed by atoms with van der Waals surface area (Å²) in [6.45, 7) is 2.32. The van der Waals surface area contributed by atoms with E-state index in [0.717, 1.165) is 41.2 Å². The molecule has 1 aliphatic carbocycles. The van der Waals surface area contributed by atoms with Gasteiger partial charge in [0.2, 0.25) is 0 Å². The van der Waals surface area contributed by atoms with E-state index >= 15 is 0 Å². The van der Waals surface area contributed by atoms with Gasteiger partial charge in [0.05, 0.1) is 9.60 Å². The zero-order valence-corrected chi connectivity index (χ0v) is 13.9. The van der Waals surface area contributed by atoms with E-state index in [1.807, 2.05) is 11.8 Å². The maximum atomic E-state index is 12.5. The van der Waals surface area contributed by atoms with Crippen LogP contribution >= 0.6 is 23.1 Å². The molecule has 2 aromatic heterocycles. The third kappa shape index (κ3) is 2.44. The van der Waals surface area contributed by atoms with Crippen LogP contribution in [0.4, 0.5) is 0 Å². The predicted molar refractivity (Wildman–Crippen MR) is 89.7 cm³/mol. The second-order valence-corrected chi connectivity index (χ2v) is 8.77. The fraction of sp³-hybridized carbons (Fsp3) is 0.625. The Hall–Kier alpha value is -0.810. The summed E-state index contributed by atoms with van der Waals surface area (Å²) >= 11 is 3.62. The van der Waals surface area contributed by atoms with Crippen LogP contribution in [0.5, 0.6) is 0 Å². The van der Waals surface area contributed by atoms with Gasteiger partial charge in [-0.15, -0.1) is 23.1 Å². The molecule has 3 heterocycles. The Labute approximate surface area is 132 Å². The summed E-state index contributed by atoms with van der Waals surface area (Å²) in [4.78, 5) is 21.4. The molecule has 112 valence electrons. The van der Waals surface area contributed by atoms with Gasteiger partial charge in [0.25, 0.3) is 5.56 Å². The lowest BCUT2D eigenvalue weighted by Gasteiger charge is -2.25. The number of hydrogen-bond acceptors (Lipinski definition) is 4. The summed E-state index contributed by atoms with van der Waals surface area (Å²) in [6.07, 6.45) is 7.04. The van der Waals surface area contributed by atoms with Gasteiger partial charge in [-0.2, -0.15) is 0 Å². The Balaban J connectivity index is 1.77. The predicted octanol–water partition coefficient (Wildman–Crippen LogP) is 4.32. The van der Waals surface area contributed by atoms with Crippen LogP contribution in [0.3, 0.4) is 0 Å². The zero-order valence-electron chi connectivity index (χ0n) is 12.3. The molecule has 0 atom stereocenters. The van der Waals surface area contributed by atoms with Crippen molar-refractivity contribution in [1.29, 1.82) is 0 Å². The van der Waals surface area contributed by atoms with Gasteiger partial charge < -0.3 is 4.98 Å². The molecule has 2 aromatic rings. The number of H-pyrrole nitrogens is 1. The first-order valence-corrected chi connectivity index (χ1v) is 9.71. The van der Waals surface area contributed by atoms with Crippen LogP contribution in [0.1, 0.15) is 56.3 Å². The molecule has 0 saturated heterocycles. The summed E-state index contributed by atoms with van der Waals surface area (Å²) in [5.41, 5.74) is 1.34. The van der Waals surface area contributed by atoms with E-state index in [2.05, 4.69) is 11.9 Å². The lowest BCUT2D eigenvalue weighted by molar-refractivity contribution is 0.340. The molecule has 2 aliphatic rings. The highest BCUT2D eigenvalue weighted by atomic mass is 32.2. The fourth-order valence-corrected chi connectivity index (χ4v) is 6.08.